The highest BCUT2D eigenvalue weighted by Gasteiger charge is 2.37. The Morgan fingerprint density at radius 2 is 1.69 bits per heavy atom. The number of carbonyl (C=O) groups excluding carboxylic acids is 2. The summed E-state index contributed by atoms with van der Waals surface area (Å²) in [6.45, 7) is 0.0599. The number of halogens is 3. The Balaban J connectivity index is 1.48. The molecular formula is C21H20F3N3O4S. The van der Waals surface area contributed by atoms with Gasteiger partial charge in [0.15, 0.2) is 0 Å². The third-order valence-electron chi connectivity index (χ3n) is 5.65. The summed E-state index contributed by atoms with van der Waals surface area (Å²) in [6, 6.07) is 10.6. The number of fused-ring (bicyclic) bond motifs is 1. The van der Waals surface area contributed by atoms with Gasteiger partial charge in [0.2, 0.25) is 21.8 Å². The number of hydrogen-bond donors (Lipinski definition) is 1. The van der Waals surface area contributed by atoms with Gasteiger partial charge in [0.1, 0.15) is 0 Å². The summed E-state index contributed by atoms with van der Waals surface area (Å²) >= 11 is 0. The highest BCUT2D eigenvalue weighted by atomic mass is 32.2. The van der Waals surface area contributed by atoms with E-state index in [1.807, 2.05) is 0 Å². The molecule has 1 N–H and O–H groups in total. The van der Waals surface area contributed by atoms with E-state index in [-0.39, 0.29) is 44.4 Å². The van der Waals surface area contributed by atoms with E-state index >= 15 is 0 Å². The van der Waals surface area contributed by atoms with Crippen molar-refractivity contribution in [2.45, 2.75) is 23.4 Å². The smallest absolute Gasteiger partial charge is 0.340 e. The van der Waals surface area contributed by atoms with Crippen molar-refractivity contribution < 1.29 is 31.2 Å². The Morgan fingerprint density at radius 1 is 1.00 bits per heavy atom. The Labute approximate surface area is 182 Å². The predicted molar refractivity (Wildman–Crippen MR) is 109 cm³/mol. The minimum Gasteiger partial charge on any atom is -0.340 e. The normalized spacial score (nSPS) is 19.9. The van der Waals surface area contributed by atoms with E-state index in [2.05, 4.69) is 5.32 Å². The third-order valence-corrected chi connectivity index (χ3v) is 7.54. The van der Waals surface area contributed by atoms with Crippen LogP contribution >= 0.6 is 0 Å². The van der Waals surface area contributed by atoms with E-state index in [0.29, 0.717) is 17.3 Å². The van der Waals surface area contributed by atoms with Crippen molar-refractivity contribution in [2.24, 2.45) is 0 Å². The van der Waals surface area contributed by atoms with Crippen LogP contribution < -0.4 is 5.32 Å². The highest BCUT2D eigenvalue weighted by molar-refractivity contribution is 7.89. The largest absolute Gasteiger partial charge is 0.416 e. The Hall–Kier alpha value is -2.92. The number of amides is 2. The Kier molecular flexibility index (Phi) is 5.72. The molecule has 32 heavy (non-hydrogen) atoms. The number of rotatable bonds is 3. The predicted octanol–water partition coefficient (Wildman–Crippen LogP) is 2.66. The van der Waals surface area contributed by atoms with Gasteiger partial charge >= 0.3 is 6.18 Å². The van der Waals surface area contributed by atoms with Gasteiger partial charge < -0.3 is 10.2 Å². The SMILES string of the molecule is O=C1C[C@@H](C(=O)N2CCN(S(=O)(=O)c3cccc(C(F)(F)F)c3)CC2)c2ccccc2N1. The van der Waals surface area contributed by atoms with Crippen molar-refractivity contribution in [1.29, 1.82) is 0 Å². The molecule has 1 saturated heterocycles. The molecule has 2 aromatic carbocycles. The first-order chi connectivity index (χ1) is 15.1. The first kappa shape index (κ1) is 22.3. The first-order valence-electron chi connectivity index (χ1n) is 9.92. The van der Waals surface area contributed by atoms with Crippen molar-refractivity contribution >= 4 is 27.5 Å². The van der Waals surface area contributed by atoms with Crippen LogP contribution in [0.4, 0.5) is 18.9 Å². The zero-order valence-electron chi connectivity index (χ0n) is 16.8. The minimum atomic E-state index is -4.65. The van der Waals surface area contributed by atoms with E-state index < -0.39 is 32.6 Å². The third kappa shape index (κ3) is 4.22. The number of carbonyl (C=O) groups is 2. The quantitative estimate of drug-likeness (QED) is 0.752. The van der Waals surface area contributed by atoms with Gasteiger partial charge in [-0.1, -0.05) is 24.3 Å². The zero-order valence-corrected chi connectivity index (χ0v) is 17.6. The van der Waals surface area contributed by atoms with Crippen molar-refractivity contribution in [3.63, 3.8) is 0 Å². The molecule has 1 atom stereocenters. The summed E-state index contributed by atoms with van der Waals surface area (Å²) in [4.78, 5) is 26.2. The topological polar surface area (TPSA) is 86.8 Å². The van der Waals surface area contributed by atoms with Crippen LogP contribution in [0, 0.1) is 0 Å². The lowest BCUT2D eigenvalue weighted by Gasteiger charge is -2.36. The summed E-state index contributed by atoms with van der Waals surface area (Å²) in [5.74, 6) is -1.21. The zero-order chi connectivity index (χ0) is 23.1. The summed E-state index contributed by atoms with van der Waals surface area (Å²) < 4.78 is 65.7. The number of sulfonamides is 1. The van der Waals surface area contributed by atoms with Crippen molar-refractivity contribution in [2.75, 3.05) is 31.5 Å². The molecule has 0 bridgehead atoms. The average molecular weight is 467 g/mol. The molecule has 7 nitrogen and oxygen atoms in total. The van der Waals surface area contributed by atoms with Crippen LogP contribution in [-0.4, -0.2) is 55.6 Å². The lowest BCUT2D eigenvalue weighted by Crippen LogP contribution is -2.52. The van der Waals surface area contributed by atoms with Gasteiger partial charge in [0.05, 0.1) is 16.4 Å². The molecule has 2 aliphatic heterocycles. The average Bonchev–Trinajstić information content (AvgIpc) is 2.77. The van der Waals surface area contributed by atoms with Gasteiger partial charge in [-0.3, -0.25) is 9.59 Å². The van der Waals surface area contributed by atoms with Crippen LogP contribution in [0.25, 0.3) is 0 Å². The molecule has 170 valence electrons. The van der Waals surface area contributed by atoms with Crippen LogP contribution in [-0.2, 0) is 25.8 Å². The van der Waals surface area contributed by atoms with Gasteiger partial charge in [-0.05, 0) is 29.8 Å². The van der Waals surface area contributed by atoms with E-state index in [1.165, 1.54) is 4.90 Å². The van der Waals surface area contributed by atoms with Crippen LogP contribution in [0.3, 0.4) is 0 Å². The van der Waals surface area contributed by atoms with Gasteiger partial charge in [0, 0.05) is 38.3 Å². The van der Waals surface area contributed by atoms with Gasteiger partial charge in [0.25, 0.3) is 0 Å². The first-order valence-corrected chi connectivity index (χ1v) is 11.4. The number of alkyl halides is 3. The van der Waals surface area contributed by atoms with Crippen LogP contribution in [0.15, 0.2) is 53.4 Å². The fourth-order valence-electron chi connectivity index (χ4n) is 3.98. The summed E-state index contributed by atoms with van der Waals surface area (Å²) in [7, 11) is -4.14. The number of piperazine rings is 1. The van der Waals surface area contributed by atoms with E-state index in [1.54, 1.807) is 24.3 Å². The number of anilines is 1. The number of nitrogens with one attached hydrogen (secondary N) is 1. The Bertz CT molecular complexity index is 1160. The fourth-order valence-corrected chi connectivity index (χ4v) is 5.45. The van der Waals surface area contributed by atoms with Gasteiger partial charge in [-0.15, -0.1) is 0 Å². The summed E-state index contributed by atoms with van der Waals surface area (Å²) in [6.07, 6.45) is -4.65. The molecule has 0 aliphatic carbocycles. The maximum atomic E-state index is 13.1. The lowest BCUT2D eigenvalue weighted by atomic mass is 9.89. The number of benzene rings is 2. The van der Waals surface area contributed by atoms with Crippen molar-refractivity contribution in [3.8, 4) is 0 Å². The molecule has 0 spiro atoms. The van der Waals surface area contributed by atoms with Gasteiger partial charge in [-0.2, -0.15) is 17.5 Å². The summed E-state index contributed by atoms with van der Waals surface area (Å²) in [5, 5.41) is 2.73. The second kappa shape index (κ2) is 8.21. The number of para-hydroxylation sites is 1. The molecule has 2 aromatic rings. The molecule has 2 aliphatic rings. The summed E-state index contributed by atoms with van der Waals surface area (Å²) in [5.41, 5.74) is 0.241. The number of hydrogen-bond acceptors (Lipinski definition) is 4. The molecule has 2 heterocycles. The monoisotopic (exact) mass is 467 g/mol. The van der Waals surface area contributed by atoms with E-state index in [9.17, 15) is 31.2 Å². The Morgan fingerprint density at radius 3 is 2.38 bits per heavy atom. The highest BCUT2D eigenvalue weighted by Crippen LogP contribution is 2.34. The van der Waals surface area contributed by atoms with Crippen molar-refractivity contribution in [3.05, 3.63) is 59.7 Å². The van der Waals surface area contributed by atoms with E-state index in [4.69, 9.17) is 0 Å². The number of nitrogens with zero attached hydrogens (tertiary/aromatic N) is 2. The molecule has 0 aromatic heterocycles. The maximum absolute atomic E-state index is 13.1. The van der Waals surface area contributed by atoms with Crippen LogP contribution in [0.2, 0.25) is 0 Å². The second-order valence-electron chi connectivity index (χ2n) is 7.65. The van der Waals surface area contributed by atoms with Crippen LogP contribution in [0.1, 0.15) is 23.5 Å². The molecule has 4 rings (SSSR count). The fraction of sp³-hybridized carbons (Fsp3) is 0.333. The molecule has 0 radical (unpaired) electrons. The van der Waals surface area contributed by atoms with Crippen LogP contribution in [0.5, 0.6) is 0 Å². The standard InChI is InChI=1S/C21H20F3N3O4S/c22-21(23,24)14-4-3-5-15(12-14)32(30,31)27-10-8-26(9-11-27)20(29)17-13-19(28)25-18-7-2-1-6-16(17)18/h1-7,12,17H,8-11,13H2,(H,25,28)/t17-/m1/s1. The molecule has 2 amide bonds. The van der Waals surface area contributed by atoms with Crippen molar-refractivity contribution in [1.82, 2.24) is 9.21 Å². The second-order valence-corrected chi connectivity index (χ2v) is 9.59. The molecule has 11 heteroatoms. The molecule has 0 unspecified atom stereocenters. The molecule has 0 saturated carbocycles. The van der Waals surface area contributed by atoms with Gasteiger partial charge in [-0.25, -0.2) is 8.42 Å². The minimum absolute atomic E-state index is 0.00139. The van der Waals surface area contributed by atoms with E-state index in [0.717, 1.165) is 22.5 Å². The molecular weight excluding hydrogens is 447 g/mol. The molecule has 1 fully saturated rings. The lowest BCUT2D eigenvalue weighted by molar-refractivity contribution is -0.138. The maximum Gasteiger partial charge on any atom is 0.416 e.